The van der Waals surface area contributed by atoms with Gasteiger partial charge in [0.1, 0.15) is 18.8 Å². The maximum Gasteiger partial charge on any atom is 0.302 e. The van der Waals surface area contributed by atoms with Crippen molar-refractivity contribution < 1.29 is 23.9 Å². The lowest BCUT2D eigenvalue weighted by Crippen LogP contribution is -2.54. The highest BCUT2D eigenvalue weighted by molar-refractivity contribution is 5.99. The molecule has 0 amide bonds. The SMILES string of the molecule is CC(=O)O[C@H]1CC[C@@]2(C)C(=CC(=NOCCCn3ccnc3)C3C2CC[C@@]2(C)C3CC[C@@H]2OC(C)=O)C1. The molecule has 0 aliphatic heterocycles. The molecule has 8 heteroatoms. The van der Waals surface area contributed by atoms with Gasteiger partial charge in [-0.25, -0.2) is 4.98 Å². The van der Waals surface area contributed by atoms with Gasteiger partial charge in [-0.1, -0.05) is 24.6 Å². The Morgan fingerprint density at radius 2 is 1.89 bits per heavy atom. The standard InChI is InChI=1S/C29H41N3O5/c1-19(33)36-22-8-10-28(3)21(16-22)17-25(31-35-15-5-13-32-14-12-30-18-32)27-23-6-7-26(37-20(2)34)29(23,4)11-9-24(27)28/h12,14,17-18,22-24,26-27H,5-11,13,15-16H2,1-4H3/t22-,23?,24?,26-,27?,28-,29-/m0/s1. The van der Waals surface area contributed by atoms with Gasteiger partial charge in [0.05, 0.1) is 12.0 Å². The van der Waals surface area contributed by atoms with Crippen LogP contribution in [0.4, 0.5) is 0 Å². The highest BCUT2D eigenvalue weighted by atomic mass is 16.6. The van der Waals surface area contributed by atoms with Crippen molar-refractivity contribution in [3.8, 4) is 0 Å². The Balaban J connectivity index is 1.41. The lowest BCUT2D eigenvalue weighted by molar-refractivity contribution is -0.155. The third kappa shape index (κ3) is 4.96. The van der Waals surface area contributed by atoms with Crippen LogP contribution in [0.5, 0.6) is 0 Å². The summed E-state index contributed by atoms with van der Waals surface area (Å²) < 4.78 is 13.5. The zero-order valence-corrected chi connectivity index (χ0v) is 22.7. The van der Waals surface area contributed by atoms with E-state index < -0.39 is 0 Å². The van der Waals surface area contributed by atoms with Gasteiger partial charge in [-0.05, 0) is 61.9 Å². The number of aromatic nitrogens is 2. The summed E-state index contributed by atoms with van der Waals surface area (Å²) in [6.45, 7) is 9.11. The number of oxime groups is 1. The van der Waals surface area contributed by atoms with Crippen LogP contribution >= 0.6 is 0 Å². The molecule has 3 saturated carbocycles. The lowest BCUT2D eigenvalue weighted by Gasteiger charge is -2.57. The number of carbonyl (C=O) groups excluding carboxylic acids is 2. The summed E-state index contributed by atoms with van der Waals surface area (Å²) >= 11 is 0. The monoisotopic (exact) mass is 511 g/mol. The minimum Gasteiger partial charge on any atom is -0.462 e. The highest BCUT2D eigenvalue weighted by Crippen LogP contribution is 2.64. The van der Waals surface area contributed by atoms with Gasteiger partial charge in [0, 0.05) is 57.0 Å². The number of nitrogens with zero attached hydrogens (tertiary/aromatic N) is 3. The molecule has 3 fully saturated rings. The third-order valence-electron chi connectivity index (χ3n) is 9.85. The van der Waals surface area contributed by atoms with Gasteiger partial charge in [-0.3, -0.25) is 9.59 Å². The van der Waals surface area contributed by atoms with Crippen LogP contribution in [-0.4, -0.2) is 46.0 Å². The molecule has 1 aromatic rings. The van der Waals surface area contributed by atoms with Crippen molar-refractivity contribution in [3.05, 3.63) is 30.4 Å². The van der Waals surface area contributed by atoms with E-state index >= 15 is 0 Å². The lowest BCUT2D eigenvalue weighted by atomic mass is 9.47. The van der Waals surface area contributed by atoms with Crippen LogP contribution in [0.25, 0.3) is 0 Å². The van der Waals surface area contributed by atoms with Crippen LogP contribution in [-0.2, 0) is 30.4 Å². The second kappa shape index (κ2) is 10.3. The number of rotatable bonds is 7. The van der Waals surface area contributed by atoms with Crippen molar-refractivity contribution in [2.75, 3.05) is 6.61 Å². The Morgan fingerprint density at radius 3 is 2.62 bits per heavy atom. The molecule has 1 heterocycles. The fourth-order valence-electron chi connectivity index (χ4n) is 8.01. The second-order valence-corrected chi connectivity index (χ2v) is 12.0. The van der Waals surface area contributed by atoms with Crippen molar-refractivity contribution in [2.45, 2.75) is 97.8 Å². The van der Waals surface area contributed by atoms with Gasteiger partial charge in [0.2, 0.25) is 0 Å². The predicted molar refractivity (Wildman–Crippen MR) is 138 cm³/mol. The Morgan fingerprint density at radius 1 is 1.08 bits per heavy atom. The van der Waals surface area contributed by atoms with E-state index in [0.29, 0.717) is 18.4 Å². The largest absolute Gasteiger partial charge is 0.462 e. The average molecular weight is 512 g/mol. The first-order valence-corrected chi connectivity index (χ1v) is 13.9. The zero-order chi connectivity index (χ0) is 26.2. The van der Waals surface area contributed by atoms with Gasteiger partial charge in [0.15, 0.2) is 0 Å². The van der Waals surface area contributed by atoms with E-state index in [9.17, 15) is 9.59 Å². The normalized spacial score (nSPS) is 37.7. The van der Waals surface area contributed by atoms with Crippen LogP contribution in [0.3, 0.4) is 0 Å². The van der Waals surface area contributed by atoms with Gasteiger partial charge in [0.25, 0.3) is 0 Å². The Bertz CT molecular complexity index is 1070. The van der Waals surface area contributed by atoms with Crippen LogP contribution in [0.1, 0.15) is 79.1 Å². The third-order valence-corrected chi connectivity index (χ3v) is 9.85. The average Bonchev–Trinajstić information content (AvgIpc) is 3.47. The van der Waals surface area contributed by atoms with Gasteiger partial charge in [-0.15, -0.1) is 0 Å². The molecule has 1 aromatic heterocycles. The summed E-state index contributed by atoms with van der Waals surface area (Å²) in [7, 11) is 0. The Labute approximate surface area is 219 Å². The fourth-order valence-corrected chi connectivity index (χ4v) is 8.01. The molecule has 7 atom stereocenters. The smallest absolute Gasteiger partial charge is 0.302 e. The summed E-state index contributed by atoms with van der Waals surface area (Å²) in [4.78, 5) is 33.6. The van der Waals surface area contributed by atoms with Gasteiger partial charge in [-0.2, -0.15) is 0 Å². The maximum absolute atomic E-state index is 11.9. The van der Waals surface area contributed by atoms with Gasteiger partial charge >= 0.3 is 11.9 Å². The highest BCUT2D eigenvalue weighted by Gasteiger charge is 2.61. The zero-order valence-electron chi connectivity index (χ0n) is 22.7. The number of hydrogen-bond acceptors (Lipinski definition) is 7. The van der Waals surface area contributed by atoms with Crippen molar-refractivity contribution in [2.24, 2.45) is 33.7 Å². The number of fused-ring (bicyclic) bond motifs is 5. The van der Waals surface area contributed by atoms with E-state index in [1.165, 1.54) is 19.4 Å². The fraction of sp³-hybridized carbons (Fsp3) is 0.724. The van der Waals surface area contributed by atoms with Crippen molar-refractivity contribution in [1.82, 2.24) is 9.55 Å². The topological polar surface area (TPSA) is 92.0 Å². The quantitative estimate of drug-likeness (QED) is 0.288. The summed E-state index contributed by atoms with van der Waals surface area (Å²) in [6, 6.07) is 0. The number of aryl methyl sites for hydroxylation is 1. The van der Waals surface area contributed by atoms with E-state index in [1.54, 1.807) is 6.20 Å². The number of carbonyl (C=O) groups is 2. The second-order valence-electron chi connectivity index (χ2n) is 12.0. The summed E-state index contributed by atoms with van der Waals surface area (Å²) in [6.07, 6.45) is 15.3. The minimum absolute atomic E-state index is 0.0359. The van der Waals surface area contributed by atoms with Crippen LogP contribution in [0.15, 0.2) is 35.5 Å². The number of allylic oxidation sites excluding steroid dienone is 1. The van der Waals surface area contributed by atoms with Crippen LogP contribution in [0, 0.1) is 28.6 Å². The van der Waals surface area contributed by atoms with Crippen molar-refractivity contribution >= 4 is 17.7 Å². The molecule has 4 aliphatic rings. The minimum atomic E-state index is -0.214. The number of hydrogen-bond donors (Lipinski definition) is 0. The van der Waals surface area contributed by atoms with Crippen molar-refractivity contribution in [3.63, 3.8) is 0 Å². The first-order valence-electron chi connectivity index (χ1n) is 13.9. The molecule has 0 saturated heterocycles. The molecule has 0 aromatic carbocycles. The molecule has 0 spiro atoms. The number of imidazole rings is 1. The first-order chi connectivity index (χ1) is 17.7. The number of ether oxygens (including phenoxy) is 2. The van der Waals surface area contributed by atoms with E-state index in [4.69, 9.17) is 19.5 Å². The van der Waals surface area contributed by atoms with E-state index in [2.05, 4.69) is 24.9 Å². The Hall–Kier alpha value is -2.64. The molecule has 8 nitrogen and oxygen atoms in total. The summed E-state index contributed by atoms with van der Waals surface area (Å²) in [5, 5.41) is 4.77. The van der Waals surface area contributed by atoms with E-state index in [-0.39, 0.29) is 40.9 Å². The first kappa shape index (κ1) is 26.0. The molecule has 37 heavy (non-hydrogen) atoms. The molecule has 4 aliphatic carbocycles. The molecular formula is C29H41N3O5. The molecule has 0 bridgehead atoms. The molecule has 0 radical (unpaired) electrons. The van der Waals surface area contributed by atoms with E-state index in [0.717, 1.165) is 63.6 Å². The molecule has 3 unspecified atom stereocenters. The predicted octanol–water partition coefficient (Wildman–Crippen LogP) is 5.08. The van der Waals surface area contributed by atoms with Crippen LogP contribution < -0.4 is 0 Å². The summed E-state index contributed by atoms with van der Waals surface area (Å²) in [5.74, 6) is 0.713. The Kier molecular flexibility index (Phi) is 7.20. The van der Waals surface area contributed by atoms with Crippen LogP contribution in [0.2, 0.25) is 0 Å². The molecule has 202 valence electrons. The number of esters is 2. The molecular weight excluding hydrogens is 470 g/mol. The molecule has 0 N–H and O–H groups in total. The maximum atomic E-state index is 11.9. The van der Waals surface area contributed by atoms with E-state index in [1.807, 2.05) is 17.1 Å². The summed E-state index contributed by atoms with van der Waals surface area (Å²) in [5.41, 5.74) is 2.36. The van der Waals surface area contributed by atoms with Crippen molar-refractivity contribution in [1.29, 1.82) is 0 Å². The molecule has 5 rings (SSSR count). The van der Waals surface area contributed by atoms with Gasteiger partial charge < -0.3 is 18.9 Å².